The summed E-state index contributed by atoms with van der Waals surface area (Å²) in [6.07, 6.45) is 15.9. The van der Waals surface area contributed by atoms with E-state index in [-0.39, 0.29) is 5.41 Å². The van der Waals surface area contributed by atoms with Gasteiger partial charge in [-0.3, -0.25) is 9.08 Å². The molecule has 0 radical (unpaired) electrons. The molecule has 3 aromatic rings. The zero-order valence-corrected chi connectivity index (χ0v) is 14.9. The Morgan fingerprint density at radius 2 is 2.00 bits per heavy atom. The molecule has 3 heterocycles. The summed E-state index contributed by atoms with van der Waals surface area (Å²) in [6.45, 7) is 7.41. The number of fused-ring (bicyclic) bond motifs is 1. The van der Waals surface area contributed by atoms with Crippen LogP contribution in [0.4, 0.5) is 0 Å². The first-order valence-electron chi connectivity index (χ1n) is 8.76. The van der Waals surface area contributed by atoms with Crippen molar-refractivity contribution in [3.63, 3.8) is 0 Å². The van der Waals surface area contributed by atoms with Crippen molar-refractivity contribution in [1.29, 1.82) is 0 Å². The summed E-state index contributed by atoms with van der Waals surface area (Å²) in [4.78, 5) is 0. The molecule has 25 heavy (non-hydrogen) atoms. The normalized spacial score (nSPS) is 20.0. The number of hydrogen-bond acceptors (Lipinski definition) is 3. The fourth-order valence-corrected chi connectivity index (χ4v) is 3.33. The largest absolute Gasteiger partial charge is 0.286 e. The van der Waals surface area contributed by atoms with Gasteiger partial charge in [-0.2, -0.15) is 5.10 Å². The molecule has 0 N–H and O–H groups in total. The van der Waals surface area contributed by atoms with Crippen LogP contribution < -0.4 is 0 Å². The van der Waals surface area contributed by atoms with Crippen LogP contribution in [0.2, 0.25) is 0 Å². The first-order valence-corrected chi connectivity index (χ1v) is 8.76. The van der Waals surface area contributed by atoms with E-state index < -0.39 is 0 Å². The average Bonchev–Trinajstić information content (AvgIpc) is 3.21. The summed E-state index contributed by atoms with van der Waals surface area (Å²) in [6, 6.07) is 4.10. The van der Waals surface area contributed by atoms with Crippen LogP contribution in [0.5, 0.6) is 0 Å². The molecular formula is C20H23N5. The van der Waals surface area contributed by atoms with Crippen LogP contribution >= 0.6 is 0 Å². The predicted octanol–water partition coefficient (Wildman–Crippen LogP) is 4.24. The maximum Gasteiger partial charge on any atom is 0.160 e. The van der Waals surface area contributed by atoms with E-state index in [1.165, 1.54) is 0 Å². The second-order valence-electron chi connectivity index (χ2n) is 7.43. The van der Waals surface area contributed by atoms with Crippen molar-refractivity contribution >= 4 is 5.65 Å². The third-order valence-electron chi connectivity index (χ3n) is 4.76. The Hall–Kier alpha value is -2.69. The van der Waals surface area contributed by atoms with Gasteiger partial charge in [0.1, 0.15) is 5.82 Å². The number of allylic oxidation sites excluding steroid dienone is 4. The highest BCUT2D eigenvalue weighted by atomic mass is 15.3. The highest BCUT2D eigenvalue weighted by Crippen LogP contribution is 2.30. The van der Waals surface area contributed by atoms with E-state index in [2.05, 4.69) is 83.2 Å². The molecule has 5 heteroatoms. The SMILES string of the molecule is CC(C)c1nnc2ccc(-c3cnn(CC4(C)C=CC=CC4)c3)cn12. The topological polar surface area (TPSA) is 48.0 Å². The molecule has 0 bridgehead atoms. The van der Waals surface area contributed by atoms with Crippen LogP contribution in [-0.2, 0) is 6.54 Å². The Labute approximate surface area is 147 Å². The molecule has 0 saturated carbocycles. The molecule has 128 valence electrons. The Morgan fingerprint density at radius 3 is 2.76 bits per heavy atom. The van der Waals surface area contributed by atoms with Crippen molar-refractivity contribution < 1.29 is 0 Å². The summed E-state index contributed by atoms with van der Waals surface area (Å²) < 4.78 is 4.12. The van der Waals surface area contributed by atoms with E-state index in [1.54, 1.807) is 0 Å². The fourth-order valence-electron chi connectivity index (χ4n) is 3.33. The lowest BCUT2D eigenvalue weighted by atomic mass is 9.84. The van der Waals surface area contributed by atoms with Gasteiger partial charge in [0.25, 0.3) is 0 Å². The summed E-state index contributed by atoms with van der Waals surface area (Å²) in [5.41, 5.74) is 3.25. The highest BCUT2D eigenvalue weighted by molar-refractivity contribution is 5.63. The maximum absolute atomic E-state index is 4.58. The number of pyridine rings is 1. The van der Waals surface area contributed by atoms with E-state index in [0.717, 1.165) is 35.6 Å². The molecule has 1 unspecified atom stereocenters. The lowest BCUT2D eigenvalue weighted by Gasteiger charge is -2.26. The van der Waals surface area contributed by atoms with Gasteiger partial charge in [0.05, 0.1) is 12.7 Å². The van der Waals surface area contributed by atoms with Gasteiger partial charge in [0.15, 0.2) is 5.65 Å². The molecule has 0 aromatic carbocycles. The van der Waals surface area contributed by atoms with Gasteiger partial charge in [-0.05, 0) is 18.6 Å². The highest BCUT2D eigenvalue weighted by Gasteiger charge is 2.22. The van der Waals surface area contributed by atoms with Gasteiger partial charge in [-0.1, -0.05) is 45.1 Å². The van der Waals surface area contributed by atoms with Gasteiger partial charge >= 0.3 is 0 Å². The van der Waals surface area contributed by atoms with Crippen molar-refractivity contribution in [2.75, 3.05) is 0 Å². The molecule has 5 nitrogen and oxygen atoms in total. The van der Waals surface area contributed by atoms with Crippen LogP contribution in [0.15, 0.2) is 55.0 Å². The van der Waals surface area contributed by atoms with E-state index >= 15 is 0 Å². The quantitative estimate of drug-likeness (QED) is 0.717. The summed E-state index contributed by atoms with van der Waals surface area (Å²) in [5.74, 6) is 1.31. The molecule has 1 atom stereocenters. The van der Waals surface area contributed by atoms with Crippen LogP contribution in [0.1, 0.15) is 38.9 Å². The predicted molar refractivity (Wildman–Crippen MR) is 99.3 cm³/mol. The standard InChI is InChI=1S/C20H23N5/c1-15(2)19-23-22-18-8-7-16(13-25(18)19)17-11-21-24(12-17)14-20(3)9-5-4-6-10-20/h4-9,11-13,15H,10,14H2,1-3H3. The molecule has 0 amide bonds. The fraction of sp³-hybridized carbons (Fsp3) is 0.350. The van der Waals surface area contributed by atoms with E-state index in [4.69, 9.17) is 0 Å². The van der Waals surface area contributed by atoms with E-state index in [9.17, 15) is 0 Å². The van der Waals surface area contributed by atoms with Crippen LogP contribution in [0.25, 0.3) is 16.8 Å². The molecule has 0 aliphatic heterocycles. The summed E-state index contributed by atoms with van der Waals surface area (Å²) in [5, 5.41) is 13.1. The van der Waals surface area contributed by atoms with Gasteiger partial charge in [0.2, 0.25) is 0 Å². The minimum atomic E-state index is 0.126. The first-order chi connectivity index (χ1) is 12.0. The Morgan fingerprint density at radius 1 is 1.12 bits per heavy atom. The molecule has 1 aliphatic rings. The molecule has 3 aromatic heterocycles. The first kappa shape index (κ1) is 15.8. The Balaban J connectivity index is 1.63. The second-order valence-corrected chi connectivity index (χ2v) is 7.43. The number of nitrogens with zero attached hydrogens (tertiary/aromatic N) is 5. The third-order valence-corrected chi connectivity index (χ3v) is 4.76. The zero-order chi connectivity index (χ0) is 17.4. The lowest BCUT2D eigenvalue weighted by molar-refractivity contribution is 0.339. The average molecular weight is 333 g/mol. The Bertz CT molecular complexity index is 960. The van der Waals surface area contributed by atoms with Crippen LogP contribution in [-0.4, -0.2) is 24.4 Å². The molecule has 4 rings (SSSR count). The van der Waals surface area contributed by atoms with Crippen molar-refractivity contribution in [3.8, 4) is 11.1 Å². The van der Waals surface area contributed by atoms with E-state index in [1.807, 2.05) is 16.9 Å². The lowest BCUT2D eigenvalue weighted by Crippen LogP contribution is -2.21. The maximum atomic E-state index is 4.58. The third kappa shape index (κ3) is 3.02. The smallest absolute Gasteiger partial charge is 0.160 e. The Kier molecular flexibility index (Phi) is 3.79. The minimum absolute atomic E-state index is 0.126. The minimum Gasteiger partial charge on any atom is -0.286 e. The molecule has 1 aliphatic carbocycles. The number of rotatable bonds is 4. The molecular weight excluding hydrogens is 310 g/mol. The van der Waals surface area contributed by atoms with Crippen molar-refractivity contribution in [2.24, 2.45) is 5.41 Å². The second kappa shape index (κ2) is 5.99. The van der Waals surface area contributed by atoms with Crippen molar-refractivity contribution in [1.82, 2.24) is 24.4 Å². The van der Waals surface area contributed by atoms with Crippen LogP contribution in [0, 0.1) is 5.41 Å². The van der Waals surface area contributed by atoms with Gasteiger partial charge in [-0.15, -0.1) is 10.2 Å². The van der Waals surface area contributed by atoms with Crippen molar-refractivity contribution in [2.45, 2.75) is 39.7 Å². The van der Waals surface area contributed by atoms with Crippen LogP contribution in [0.3, 0.4) is 0 Å². The summed E-state index contributed by atoms with van der Waals surface area (Å²) in [7, 11) is 0. The monoisotopic (exact) mass is 333 g/mol. The van der Waals surface area contributed by atoms with Gasteiger partial charge < -0.3 is 0 Å². The van der Waals surface area contributed by atoms with E-state index in [0.29, 0.717) is 5.92 Å². The number of hydrogen-bond donors (Lipinski definition) is 0. The molecule has 0 saturated heterocycles. The number of aromatic nitrogens is 5. The molecule has 0 fully saturated rings. The van der Waals surface area contributed by atoms with Gasteiger partial charge in [0, 0.05) is 34.9 Å². The van der Waals surface area contributed by atoms with Crippen molar-refractivity contribution in [3.05, 3.63) is 60.9 Å². The zero-order valence-electron chi connectivity index (χ0n) is 14.9. The molecule has 0 spiro atoms. The summed E-state index contributed by atoms with van der Waals surface area (Å²) >= 11 is 0. The van der Waals surface area contributed by atoms with Gasteiger partial charge in [-0.25, -0.2) is 0 Å².